The van der Waals surface area contributed by atoms with Crippen LogP contribution in [0.25, 0.3) is 0 Å². The van der Waals surface area contributed by atoms with Crippen LogP contribution >= 0.6 is 0 Å². The van der Waals surface area contributed by atoms with Crippen LogP contribution in [0.1, 0.15) is 13.3 Å². The van der Waals surface area contributed by atoms with Gasteiger partial charge in [-0.05, 0) is 12.3 Å². The van der Waals surface area contributed by atoms with E-state index in [1.807, 2.05) is 0 Å². The fourth-order valence-electron chi connectivity index (χ4n) is 5.37. The Kier molecular flexibility index (Phi) is 8.74. The molecule has 2 saturated heterocycles. The quantitative estimate of drug-likeness (QED) is 0.148. The van der Waals surface area contributed by atoms with Gasteiger partial charge >= 0.3 is 5.97 Å². The first kappa shape index (κ1) is 28.5. The van der Waals surface area contributed by atoms with Crippen molar-refractivity contribution in [1.82, 2.24) is 0 Å². The van der Waals surface area contributed by atoms with Crippen LogP contribution in [0.5, 0.6) is 0 Å². The Morgan fingerprint density at radius 1 is 0.892 bits per heavy atom. The van der Waals surface area contributed by atoms with Crippen molar-refractivity contribution in [3.05, 3.63) is 11.8 Å². The number of carboxylic acid groups (broad SMARTS) is 1. The van der Waals surface area contributed by atoms with Gasteiger partial charge in [-0.15, -0.1) is 0 Å². The number of hydrogen-bond donors (Lipinski definition) is 9. The third kappa shape index (κ3) is 5.36. The molecule has 0 bridgehead atoms. The zero-order valence-corrected chi connectivity index (χ0v) is 19.8. The predicted octanol–water partition coefficient (Wildman–Crippen LogP) is -4.41. The molecule has 0 unspecified atom stereocenters. The van der Waals surface area contributed by atoms with E-state index in [1.54, 1.807) is 6.92 Å². The number of carbonyl (C=O) groups is 1. The molecule has 212 valence electrons. The van der Waals surface area contributed by atoms with Crippen molar-refractivity contribution in [3.8, 4) is 0 Å². The molecule has 9 N–H and O–H groups in total. The lowest BCUT2D eigenvalue weighted by atomic mass is 9.83. The Morgan fingerprint density at radius 3 is 2.11 bits per heavy atom. The van der Waals surface area contributed by atoms with Crippen molar-refractivity contribution in [2.75, 3.05) is 13.2 Å². The summed E-state index contributed by atoms with van der Waals surface area (Å²) in [6, 6.07) is 0. The van der Waals surface area contributed by atoms with Crippen LogP contribution in [0.15, 0.2) is 11.8 Å². The van der Waals surface area contributed by atoms with Crippen LogP contribution in [0.3, 0.4) is 0 Å². The fourth-order valence-corrected chi connectivity index (χ4v) is 5.37. The maximum absolute atomic E-state index is 11.6. The molecule has 15 nitrogen and oxygen atoms in total. The van der Waals surface area contributed by atoms with Gasteiger partial charge in [0, 0.05) is 11.8 Å². The van der Waals surface area contributed by atoms with Crippen molar-refractivity contribution in [2.24, 2.45) is 17.8 Å². The first-order valence-corrected chi connectivity index (χ1v) is 12.0. The number of aliphatic hydroxyl groups excluding tert-OH is 8. The van der Waals surface area contributed by atoms with Gasteiger partial charge in [-0.3, -0.25) is 0 Å². The average molecular weight is 538 g/mol. The molecule has 15 atom stereocenters. The van der Waals surface area contributed by atoms with Crippen molar-refractivity contribution in [3.63, 3.8) is 0 Å². The number of carboxylic acids is 1. The Hall–Kier alpha value is -1.47. The number of fused-ring (bicyclic) bond motifs is 1. The van der Waals surface area contributed by atoms with E-state index in [4.69, 9.17) is 23.7 Å². The fraction of sp³-hybridized carbons (Fsp3) is 0.864. The largest absolute Gasteiger partial charge is 0.478 e. The summed E-state index contributed by atoms with van der Waals surface area (Å²) in [6.45, 7) is 0.486. The first-order chi connectivity index (χ1) is 17.5. The number of ether oxygens (including phenoxy) is 5. The highest BCUT2D eigenvalue weighted by Crippen LogP contribution is 2.47. The Labute approximate surface area is 211 Å². The first-order valence-electron chi connectivity index (χ1n) is 12.0. The molecule has 4 aliphatic rings. The molecule has 15 heteroatoms. The maximum atomic E-state index is 11.6. The molecule has 0 amide bonds. The maximum Gasteiger partial charge on any atom is 0.334 e. The summed E-state index contributed by atoms with van der Waals surface area (Å²) >= 11 is 0. The van der Waals surface area contributed by atoms with Crippen molar-refractivity contribution in [1.29, 1.82) is 0 Å². The number of rotatable bonds is 7. The molecule has 0 radical (unpaired) electrons. The van der Waals surface area contributed by atoms with Crippen LogP contribution < -0.4 is 0 Å². The van der Waals surface area contributed by atoms with Gasteiger partial charge < -0.3 is 69.6 Å². The predicted molar refractivity (Wildman–Crippen MR) is 115 cm³/mol. The van der Waals surface area contributed by atoms with E-state index in [0.717, 1.165) is 6.26 Å². The van der Waals surface area contributed by atoms with Crippen LogP contribution in [0, 0.1) is 17.8 Å². The lowest BCUT2D eigenvalue weighted by molar-refractivity contribution is -0.354. The average Bonchev–Trinajstić information content (AvgIpc) is 3.17. The lowest BCUT2D eigenvalue weighted by Crippen LogP contribution is -2.62. The van der Waals surface area contributed by atoms with Gasteiger partial charge in [-0.1, -0.05) is 6.92 Å². The second-order valence-electron chi connectivity index (χ2n) is 9.91. The van der Waals surface area contributed by atoms with Crippen molar-refractivity contribution in [2.45, 2.75) is 87.2 Å². The van der Waals surface area contributed by atoms with E-state index >= 15 is 0 Å². The number of aliphatic carboxylic acids is 1. The summed E-state index contributed by atoms with van der Waals surface area (Å²) in [5, 5.41) is 90.3. The molecule has 0 aromatic heterocycles. The molecule has 0 aromatic rings. The van der Waals surface area contributed by atoms with Gasteiger partial charge in [-0.25, -0.2) is 4.79 Å². The van der Waals surface area contributed by atoms with Gasteiger partial charge in [0.05, 0.1) is 31.2 Å². The molecular formula is C22H34O15. The van der Waals surface area contributed by atoms with Crippen LogP contribution in [-0.4, -0.2) is 139 Å². The van der Waals surface area contributed by atoms with Gasteiger partial charge in [0.1, 0.15) is 48.8 Å². The molecule has 1 aliphatic carbocycles. The zero-order chi connectivity index (χ0) is 27.2. The topological polar surface area (TPSA) is 245 Å². The van der Waals surface area contributed by atoms with Crippen molar-refractivity contribution < 1.29 is 74.4 Å². The van der Waals surface area contributed by atoms with E-state index in [2.05, 4.69) is 0 Å². The van der Waals surface area contributed by atoms with Gasteiger partial charge in [0.25, 0.3) is 0 Å². The Balaban J connectivity index is 1.44. The molecular weight excluding hydrogens is 504 g/mol. The molecule has 37 heavy (non-hydrogen) atoms. The molecule has 3 fully saturated rings. The van der Waals surface area contributed by atoms with Crippen LogP contribution in [0.2, 0.25) is 0 Å². The Morgan fingerprint density at radius 2 is 1.49 bits per heavy atom. The lowest BCUT2D eigenvalue weighted by Gasteiger charge is -2.44. The minimum Gasteiger partial charge on any atom is -0.478 e. The standard InChI is InChI=1S/C22H34O15/c1-6-9(24)2-7-8(19(31)32)4-33-20(12(6)7)37-22-18(30)16(28)14(26)11(36-22)5-34-21-17(29)15(27)13(25)10(3-23)35-21/h4,6-7,9-18,20-30H,2-3,5H2,1H3,(H,31,32)/t6-,7+,9-,10+,11+,12-,13+,14+,15-,16-,17+,18+,20-,21+,22-/m0/s1. The van der Waals surface area contributed by atoms with Gasteiger partial charge in [-0.2, -0.15) is 0 Å². The zero-order valence-electron chi connectivity index (χ0n) is 19.8. The molecule has 0 spiro atoms. The Bertz CT molecular complexity index is 837. The van der Waals surface area contributed by atoms with E-state index in [-0.39, 0.29) is 12.0 Å². The highest BCUT2D eigenvalue weighted by Gasteiger charge is 2.53. The normalized spacial score (nSPS) is 50.2. The monoisotopic (exact) mass is 538 g/mol. The summed E-state index contributed by atoms with van der Waals surface area (Å²) in [7, 11) is 0. The van der Waals surface area contributed by atoms with Crippen LogP contribution in [0.4, 0.5) is 0 Å². The van der Waals surface area contributed by atoms with Crippen molar-refractivity contribution >= 4 is 5.97 Å². The summed E-state index contributed by atoms with van der Waals surface area (Å²) in [5.74, 6) is -2.84. The van der Waals surface area contributed by atoms with Gasteiger partial charge in [0.2, 0.25) is 6.29 Å². The summed E-state index contributed by atoms with van der Waals surface area (Å²) < 4.78 is 27.5. The summed E-state index contributed by atoms with van der Waals surface area (Å²) in [6.07, 6.45) is -16.7. The second-order valence-corrected chi connectivity index (χ2v) is 9.91. The molecule has 3 aliphatic heterocycles. The SMILES string of the molecule is C[C@@H]1[C@@H]2[C@H](O[C@@H]3O[C@H](CO[C@@H]4O[C@H](CO)[C@@H](O)[C@H](O)[C@H]4O)[C@@H](O)[C@H](O)[C@H]3O)OC=C(C(=O)O)[C@H]2C[C@@H]1O. The van der Waals surface area contributed by atoms with Gasteiger partial charge in [0.15, 0.2) is 12.6 Å². The second kappa shape index (κ2) is 11.3. The van der Waals surface area contributed by atoms with E-state index in [1.165, 1.54) is 0 Å². The minimum absolute atomic E-state index is 0.0281. The third-order valence-electron chi connectivity index (χ3n) is 7.67. The number of aliphatic hydroxyl groups is 8. The molecule has 0 aromatic carbocycles. The summed E-state index contributed by atoms with van der Waals surface area (Å²) in [4.78, 5) is 11.6. The minimum atomic E-state index is -1.77. The highest BCUT2D eigenvalue weighted by atomic mass is 16.8. The number of hydrogen-bond acceptors (Lipinski definition) is 14. The van der Waals surface area contributed by atoms with E-state index in [9.17, 15) is 50.8 Å². The highest BCUT2D eigenvalue weighted by molar-refractivity contribution is 5.87. The molecule has 1 saturated carbocycles. The van der Waals surface area contributed by atoms with E-state index < -0.39 is 111 Å². The van der Waals surface area contributed by atoms with Crippen LogP contribution in [-0.2, 0) is 28.5 Å². The molecule has 3 heterocycles. The molecule has 4 rings (SSSR count). The smallest absolute Gasteiger partial charge is 0.334 e. The van der Waals surface area contributed by atoms with E-state index in [0.29, 0.717) is 0 Å². The third-order valence-corrected chi connectivity index (χ3v) is 7.67. The summed E-state index contributed by atoms with van der Waals surface area (Å²) in [5.41, 5.74) is -0.0281.